The molecule has 1 N–H and O–H groups in total. The summed E-state index contributed by atoms with van der Waals surface area (Å²) < 4.78 is 0. The molecule has 0 aliphatic carbocycles. The van der Waals surface area contributed by atoms with Crippen LogP contribution in [0.4, 0.5) is 0 Å². The predicted octanol–water partition coefficient (Wildman–Crippen LogP) is 1.65. The van der Waals surface area contributed by atoms with Gasteiger partial charge in [-0.15, -0.1) is 0 Å². The van der Waals surface area contributed by atoms with Gasteiger partial charge in [-0.1, -0.05) is 48.5 Å². The van der Waals surface area contributed by atoms with E-state index in [0.717, 1.165) is 23.2 Å². The van der Waals surface area contributed by atoms with E-state index in [0.29, 0.717) is 13.1 Å². The maximum absolute atomic E-state index is 12.8. The van der Waals surface area contributed by atoms with E-state index in [-0.39, 0.29) is 12.5 Å². The Morgan fingerprint density at radius 3 is 2.50 bits per heavy atom. The van der Waals surface area contributed by atoms with Gasteiger partial charge in [0.05, 0.1) is 6.61 Å². The van der Waals surface area contributed by atoms with Crippen molar-refractivity contribution in [2.24, 2.45) is 0 Å². The maximum atomic E-state index is 12.8. The van der Waals surface area contributed by atoms with Gasteiger partial charge in [-0.05, 0) is 11.6 Å². The Kier molecular flexibility index (Phi) is 3.03. The van der Waals surface area contributed by atoms with Crippen molar-refractivity contribution in [2.75, 3.05) is 26.2 Å². The van der Waals surface area contributed by atoms with Gasteiger partial charge < -0.3 is 10.0 Å². The van der Waals surface area contributed by atoms with Gasteiger partial charge in [-0.3, -0.25) is 9.69 Å². The number of amides is 1. The largest absolute Gasteiger partial charge is 0.395 e. The van der Waals surface area contributed by atoms with E-state index in [2.05, 4.69) is 17.0 Å². The first-order chi connectivity index (χ1) is 10.8. The summed E-state index contributed by atoms with van der Waals surface area (Å²) in [7, 11) is 0. The molecule has 0 saturated carbocycles. The van der Waals surface area contributed by atoms with Gasteiger partial charge in [0.1, 0.15) is 5.66 Å². The van der Waals surface area contributed by atoms with Crippen LogP contribution >= 0.6 is 0 Å². The second kappa shape index (κ2) is 4.93. The molecule has 2 aliphatic rings. The highest BCUT2D eigenvalue weighted by Crippen LogP contribution is 2.49. The molecule has 1 saturated heterocycles. The van der Waals surface area contributed by atoms with E-state index in [1.54, 1.807) is 0 Å². The van der Waals surface area contributed by atoms with E-state index >= 15 is 0 Å². The molecule has 2 aromatic carbocycles. The Morgan fingerprint density at radius 1 is 1.00 bits per heavy atom. The van der Waals surface area contributed by atoms with Crippen LogP contribution in [0.5, 0.6) is 0 Å². The lowest BCUT2D eigenvalue weighted by Gasteiger charge is -2.40. The standard InChI is InChI=1S/C18H18N2O2/c21-13-12-19-10-11-20-17(22)15-8-4-5-9-16(15)18(19,20)14-6-2-1-3-7-14/h1-9,21H,10-13H2. The first kappa shape index (κ1) is 13.5. The Labute approximate surface area is 129 Å². The number of rotatable bonds is 3. The summed E-state index contributed by atoms with van der Waals surface area (Å²) in [6.07, 6.45) is 0. The summed E-state index contributed by atoms with van der Waals surface area (Å²) in [5.41, 5.74) is 2.31. The van der Waals surface area contributed by atoms with Crippen LogP contribution < -0.4 is 0 Å². The third-order valence-corrected chi connectivity index (χ3v) is 4.77. The van der Waals surface area contributed by atoms with Crippen LogP contribution in [0, 0.1) is 0 Å². The highest BCUT2D eigenvalue weighted by Gasteiger charge is 2.57. The van der Waals surface area contributed by atoms with Crippen molar-refractivity contribution in [1.82, 2.24) is 9.80 Å². The van der Waals surface area contributed by atoms with E-state index in [1.165, 1.54) is 0 Å². The number of hydrogen-bond acceptors (Lipinski definition) is 3. The van der Waals surface area contributed by atoms with Gasteiger partial charge >= 0.3 is 0 Å². The molecule has 0 aromatic heterocycles. The number of fused-ring (bicyclic) bond motifs is 3. The highest BCUT2D eigenvalue weighted by molar-refractivity contribution is 6.01. The normalized spacial score (nSPS) is 23.7. The molecule has 112 valence electrons. The number of benzene rings is 2. The zero-order valence-electron chi connectivity index (χ0n) is 12.3. The molecule has 2 heterocycles. The monoisotopic (exact) mass is 294 g/mol. The average Bonchev–Trinajstić information content (AvgIpc) is 3.06. The lowest BCUT2D eigenvalue weighted by atomic mass is 9.90. The average molecular weight is 294 g/mol. The Bertz CT molecular complexity index is 716. The van der Waals surface area contributed by atoms with Crippen molar-refractivity contribution in [1.29, 1.82) is 0 Å². The van der Waals surface area contributed by atoms with Crippen LogP contribution in [0.1, 0.15) is 21.5 Å². The quantitative estimate of drug-likeness (QED) is 0.936. The van der Waals surface area contributed by atoms with E-state index in [4.69, 9.17) is 0 Å². The summed E-state index contributed by atoms with van der Waals surface area (Å²) in [4.78, 5) is 17.0. The first-order valence-electron chi connectivity index (χ1n) is 7.63. The lowest BCUT2D eigenvalue weighted by molar-refractivity contribution is 0.0397. The smallest absolute Gasteiger partial charge is 0.256 e. The van der Waals surface area contributed by atoms with Crippen LogP contribution in [0.3, 0.4) is 0 Å². The molecule has 4 heteroatoms. The van der Waals surface area contributed by atoms with Crippen LogP contribution in [-0.2, 0) is 5.66 Å². The van der Waals surface area contributed by atoms with Crippen molar-refractivity contribution < 1.29 is 9.90 Å². The molecule has 4 nitrogen and oxygen atoms in total. The van der Waals surface area contributed by atoms with Gasteiger partial charge in [-0.2, -0.15) is 0 Å². The molecular weight excluding hydrogens is 276 g/mol. The number of aliphatic hydroxyl groups is 1. The molecule has 1 atom stereocenters. The van der Waals surface area contributed by atoms with Crippen molar-refractivity contribution in [3.8, 4) is 0 Å². The fourth-order valence-corrected chi connectivity index (χ4v) is 3.96. The van der Waals surface area contributed by atoms with E-state index in [9.17, 15) is 9.90 Å². The van der Waals surface area contributed by atoms with Crippen LogP contribution in [0.15, 0.2) is 54.6 Å². The van der Waals surface area contributed by atoms with E-state index in [1.807, 2.05) is 47.4 Å². The molecule has 1 fully saturated rings. The summed E-state index contributed by atoms with van der Waals surface area (Å²) in [6, 6.07) is 18.0. The fraction of sp³-hybridized carbons (Fsp3) is 0.278. The van der Waals surface area contributed by atoms with Crippen LogP contribution in [0.25, 0.3) is 0 Å². The molecule has 4 rings (SSSR count). The first-order valence-corrected chi connectivity index (χ1v) is 7.63. The summed E-state index contributed by atoms with van der Waals surface area (Å²) in [6.45, 7) is 2.09. The van der Waals surface area contributed by atoms with Crippen molar-refractivity contribution in [2.45, 2.75) is 5.66 Å². The number of hydrogen-bond donors (Lipinski definition) is 1. The van der Waals surface area contributed by atoms with Gasteiger partial charge in [0.15, 0.2) is 0 Å². The molecule has 0 bridgehead atoms. The number of nitrogens with zero attached hydrogens (tertiary/aromatic N) is 2. The number of β-amino-alcohol motifs (C(OH)–C–C–N with tert-alkyl or cyclic N) is 1. The minimum Gasteiger partial charge on any atom is -0.395 e. The van der Waals surface area contributed by atoms with Gasteiger partial charge in [0.2, 0.25) is 0 Å². The van der Waals surface area contributed by atoms with Crippen LogP contribution in [0.2, 0.25) is 0 Å². The number of carbonyl (C=O) groups excluding carboxylic acids is 1. The molecule has 2 aliphatic heterocycles. The number of carbonyl (C=O) groups is 1. The summed E-state index contributed by atoms with van der Waals surface area (Å²) in [5.74, 6) is 0.0832. The zero-order chi connectivity index (χ0) is 15.2. The van der Waals surface area contributed by atoms with Gasteiger partial charge in [0, 0.05) is 30.8 Å². The lowest BCUT2D eigenvalue weighted by Crippen LogP contribution is -2.50. The van der Waals surface area contributed by atoms with Gasteiger partial charge in [-0.25, -0.2) is 0 Å². The molecule has 0 radical (unpaired) electrons. The van der Waals surface area contributed by atoms with Crippen molar-refractivity contribution >= 4 is 5.91 Å². The Morgan fingerprint density at radius 2 is 1.73 bits per heavy atom. The Hall–Kier alpha value is -2.17. The van der Waals surface area contributed by atoms with Gasteiger partial charge in [0.25, 0.3) is 5.91 Å². The highest BCUT2D eigenvalue weighted by atomic mass is 16.3. The molecule has 2 aromatic rings. The Balaban J connectivity index is 2.00. The SMILES string of the molecule is O=C1c2ccccc2C2(c3ccccc3)N(CCO)CCN12. The fourth-order valence-electron chi connectivity index (χ4n) is 3.96. The topological polar surface area (TPSA) is 43.8 Å². The van der Waals surface area contributed by atoms with Crippen molar-refractivity contribution in [3.63, 3.8) is 0 Å². The van der Waals surface area contributed by atoms with E-state index < -0.39 is 5.66 Å². The predicted molar refractivity (Wildman–Crippen MR) is 83.4 cm³/mol. The zero-order valence-corrected chi connectivity index (χ0v) is 12.3. The second-order valence-electron chi connectivity index (χ2n) is 5.75. The third kappa shape index (κ3) is 1.56. The minimum absolute atomic E-state index is 0.0821. The molecular formula is C18H18N2O2. The summed E-state index contributed by atoms with van der Waals surface area (Å²) >= 11 is 0. The second-order valence-corrected chi connectivity index (χ2v) is 5.75. The summed E-state index contributed by atoms with van der Waals surface area (Å²) in [5, 5.41) is 9.48. The van der Waals surface area contributed by atoms with Crippen molar-refractivity contribution in [3.05, 3.63) is 71.3 Å². The maximum Gasteiger partial charge on any atom is 0.256 e. The molecule has 0 spiro atoms. The van der Waals surface area contributed by atoms with Crippen LogP contribution in [-0.4, -0.2) is 47.1 Å². The molecule has 1 amide bonds. The minimum atomic E-state index is -0.572. The molecule has 1 unspecified atom stereocenters. The molecule has 22 heavy (non-hydrogen) atoms. The third-order valence-electron chi connectivity index (χ3n) is 4.77. The number of aliphatic hydroxyl groups excluding tert-OH is 1.